The molecule has 0 unspecified atom stereocenters. The van der Waals surface area contributed by atoms with Crippen molar-refractivity contribution in [3.05, 3.63) is 59.1 Å². The third-order valence-corrected chi connectivity index (χ3v) is 5.16. The number of hydrogen-bond donors (Lipinski definition) is 1. The highest BCUT2D eigenvalue weighted by atomic mass is 35.5. The van der Waals surface area contributed by atoms with Crippen LogP contribution in [0.15, 0.2) is 47.4 Å². The molecule has 0 atom stereocenters. The van der Waals surface area contributed by atoms with Crippen LogP contribution in [-0.2, 0) is 14.8 Å². The first-order valence-electron chi connectivity index (χ1n) is 6.67. The summed E-state index contributed by atoms with van der Waals surface area (Å²) >= 11 is 5.71. The van der Waals surface area contributed by atoms with Gasteiger partial charge in [-0.1, -0.05) is 11.6 Å². The molecule has 0 saturated carbocycles. The van der Waals surface area contributed by atoms with Crippen molar-refractivity contribution in [3.63, 3.8) is 0 Å². The molecular formula is C15H13ClF2N2O3S. The standard InChI is InChI=1S/C15H13ClF2N2O3S/c1-20(24(22,23)12-5-2-10(16)3-6-12)9-15(21)19-14-7-4-11(17)8-13(14)18/h2-8H,9H2,1H3,(H,19,21). The molecule has 0 heterocycles. The van der Waals surface area contributed by atoms with E-state index < -0.39 is 34.1 Å². The van der Waals surface area contributed by atoms with Gasteiger partial charge in [0.25, 0.3) is 0 Å². The molecule has 2 aromatic rings. The molecule has 0 saturated heterocycles. The van der Waals surface area contributed by atoms with Crippen molar-refractivity contribution in [1.29, 1.82) is 0 Å². The van der Waals surface area contributed by atoms with Gasteiger partial charge in [0.2, 0.25) is 15.9 Å². The second-order valence-electron chi connectivity index (χ2n) is 4.89. The minimum atomic E-state index is -3.90. The number of sulfonamides is 1. The van der Waals surface area contributed by atoms with Gasteiger partial charge >= 0.3 is 0 Å². The van der Waals surface area contributed by atoms with Crippen molar-refractivity contribution in [3.8, 4) is 0 Å². The van der Waals surface area contributed by atoms with E-state index in [4.69, 9.17) is 11.6 Å². The molecule has 0 radical (unpaired) electrons. The molecule has 9 heteroatoms. The van der Waals surface area contributed by atoms with Gasteiger partial charge in [0.1, 0.15) is 11.6 Å². The van der Waals surface area contributed by atoms with E-state index in [-0.39, 0.29) is 10.6 Å². The number of hydrogen-bond acceptors (Lipinski definition) is 3. The van der Waals surface area contributed by atoms with Gasteiger partial charge in [-0.05, 0) is 36.4 Å². The summed E-state index contributed by atoms with van der Waals surface area (Å²) in [5.41, 5.74) is -0.237. The summed E-state index contributed by atoms with van der Waals surface area (Å²) < 4.78 is 51.8. The smallest absolute Gasteiger partial charge is 0.243 e. The Hall–Kier alpha value is -2.03. The molecule has 0 fully saturated rings. The van der Waals surface area contributed by atoms with E-state index in [1.807, 2.05) is 0 Å². The molecule has 2 rings (SSSR count). The van der Waals surface area contributed by atoms with Crippen LogP contribution in [0, 0.1) is 11.6 Å². The first-order chi connectivity index (χ1) is 11.2. The summed E-state index contributed by atoms with van der Waals surface area (Å²) in [4.78, 5) is 11.9. The maximum atomic E-state index is 13.5. The number of nitrogens with zero attached hydrogens (tertiary/aromatic N) is 1. The van der Waals surface area contributed by atoms with Crippen LogP contribution in [0.4, 0.5) is 14.5 Å². The summed E-state index contributed by atoms with van der Waals surface area (Å²) in [5, 5.41) is 2.57. The van der Waals surface area contributed by atoms with Gasteiger partial charge in [-0.15, -0.1) is 0 Å². The van der Waals surface area contributed by atoms with Gasteiger partial charge in [0.15, 0.2) is 0 Å². The molecule has 5 nitrogen and oxygen atoms in total. The lowest BCUT2D eigenvalue weighted by Gasteiger charge is -2.17. The second-order valence-corrected chi connectivity index (χ2v) is 7.37. The highest BCUT2D eigenvalue weighted by Crippen LogP contribution is 2.18. The molecule has 1 amide bonds. The fourth-order valence-electron chi connectivity index (χ4n) is 1.85. The van der Waals surface area contributed by atoms with E-state index in [0.717, 1.165) is 16.4 Å². The van der Waals surface area contributed by atoms with Gasteiger partial charge in [-0.2, -0.15) is 4.31 Å². The Morgan fingerprint density at radius 2 is 1.79 bits per heavy atom. The lowest BCUT2D eigenvalue weighted by atomic mass is 10.3. The second kappa shape index (κ2) is 7.25. The molecule has 0 aliphatic rings. The average molecular weight is 375 g/mol. The van der Waals surface area contributed by atoms with E-state index in [1.165, 1.54) is 31.3 Å². The number of nitrogens with one attached hydrogen (secondary N) is 1. The topological polar surface area (TPSA) is 66.5 Å². The zero-order valence-electron chi connectivity index (χ0n) is 12.5. The van der Waals surface area contributed by atoms with E-state index in [9.17, 15) is 22.0 Å². The van der Waals surface area contributed by atoms with E-state index in [0.29, 0.717) is 11.1 Å². The van der Waals surface area contributed by atoms with Gasteiger partial charge in [0.05, 0.1) is 17.1 Å². The minimum Gasteiger partial charge on any atom is -0.322 e. The summed E-state index contributed by atoms with van der Waals surface area (Å²) in [6.45, 7) is -0.540. The van der Waals surface area contributed by atoms with Crippen LogP contribution in [0.5, 0.6) is 0 Å². The number of carbonyl (C=O) groups is 1. The first-order valence-corrected chi connectivity index (χ1v) is 8.49. The van der Waals surface area contributed by atoms with Crippen LogP contribution in [0.1, 0.15) is 0 Å². The molecule has 0 spiro atoms. The molecule has 2 aromatic carbocycles. The third kappa shape index (κ3) is 4.28. The van der Waals surface area contributed by atoms with Crippen molar-refractivity contribution in [2.45, 2.75) is 4.90 Å². The minimum absolute atomic E-state index is 0.0323. The largest absolute Gasteiger partial charge is 0.322 e. The van der Waals surface area contributed by atoms with E-state index in [1.54, 1.807) is 0 Å². The first kappa shape index (κ1) is 18.3. The van der Waals surface area contributed by atoms with Gasteiger partial charge in [0, 0.05) is 18.1 Å². The zero-order chi connectivity index (χ0) is 17.9. The summed E-state index contributed by atoms with van der Waals surface area (Å²) in [7, 11) is -2.69. The van der Waals surface area contributed by atoms with Crippen molar-refractivity contribution in [2.24, 2.45) is 0 Å². The maximum Gasteiger partial charge on any atom is 0.243 e. The Bertz CT molecular complexity index is 858. The molecule has 128 valence electrons. The number of carbonyl (C=O) groups excluding carboxylic acids is 1. The van der Waals surface area contributed by atoms with Gasteiger partial charge < -0.3 is 5.32 Å². The number of amides is 1. The Balaban J connectivity index is 2.09. The lowest BCUT2D eigenvalue weighted by Crippen LogP contribution is -2.35. The number of halogens is 3. The molecule has 1 N–H and O–H groups in total. The van der Waals surface area contributed by atoms with Crippen molar-refractivity contribution in [2.75, 3.05) is 18.9 Å². The number of likely N-dealkylation sites (N-methyl/N-ethyl adjacent to an activating group) is 1. The SMILES string of the molecule is CN(CC(=O)Nc1ccc(F)cc1F)S(=O)(=O)c1ccc(Cl)cc1. The summed E-state index contributed by atoms with van der Waals surface area (Å²) in [6.07, 6.45) is 0. The Morgan fingerprint density at radius 1 is 1.17 bits per heavy atom. The number of anilines is 1. The normalized spacial score (nSPS) is 11.5. The monoisotopic (exact) mass is 374 g/mol. The summed E-state index contributed by atoms with van der Waals surface area (Å²) in [5.74, 6) is -2.50. The zero-order valence-corrected chi connectivity index (χ0v) is 14.0. The van der Waals surface area contributed by atoms with Crippen LogP contribution >= 0.6 is 11.6 Å². The average Bonchev–Trinajstić information content (AvgIpc) is 2.50. The molecule has 0 aliphatic heterocycles. The van der Waals surface area contributed by atoms with Crippen LogP contribution in [-0.4, -0.2) is 32.2 Å². The third-order valence-electron chi connectivity index (χ3n) is 3.09. The highest BCUT2D eigenvalue weighted by molar-refractivity contribution is 7.89. The lowest BCUT2D eigenvalue weighted by molar-refractivity contribution is -0.116. The quantitative estimate of drug-likeness (QED) is 0.875. The van der Waals surface area contributed by atoms with Crippen LogP contribution in [0.3, 0.4) is 0 Å². The molecule has 0 aromatic heterocycles. The predicted octanol–water partition coefficient (Wildman–Crippen LogP) is 2.88. The van der Waals surface area contributed by atoms with Gasteiger partial charge in [-0.25, -0.2) is 17.2 Å². The van der Waals surface area contributed by atoms with E-state index in [2.05, 4.69) is 5.32 Å². The van der Waals surface area contributed by atoms with Gasteiger partial charge in [-0.3, -0.25) is 4.79 Å². The number of rotatable bonds is 5. The molecule has 24 heavy (non-hydrogen) atoms. The number of benzene rings is 2. The Morgan fingerprint density at radius 3 is 2.38 bits per heavy atom. The van der Waals surface area contributed by atoms with Crippen LogP contribution in [0.2, 0.25) is 5.02 Å². The molecule has 0 bridgehead atoms. The van der Waals surface area contributed by atoms with Crippen molar-refractivity contribution < 1.29 is 22.0 Å². The van der Waals surface area contributed by atoms with Crippen LogP contribution in [0.25, 0.3) is 0 Å². The van der Waals surface area contributed by atoms with Crippen molar-refractivity contribution >= 4 is 33.2 Å². The van der Waals surface area contributed by atoms with E-state index >= 15 is 0 Å². The predicted molar refractivity (Wildman–Crippen MR) is 86.3 cm³/mol. The Kier molecular flexibility index (Phi) is 5.53. The fraction of sp³-hybridized carbons (Fsp3) is 0.133. The highest BCUT2D eigenvalue weighted by Gasteiger charge is 2.23. The Labute approximate surface area is 142 Å². The fourth-order valence-corrected chi connectivity index (χ4v) is 3.11. The van der Waals surface area contributed by atoms with Crippen molar-refractivity contribution in [1.82, 2.24) is 4.31 Å². The summed E-state index contributed by atoms with van der Waals surface area (Å²) in [6, 6.07) is 8.09. The maximum absolute atomic E-state index is 13.5. The molecule has 0 aliphatic carbocycles. The molecular weight excluding hydrogens is 362 g/mol. The van der Waals surface area contributed by atoms with Crippen LogP contribution < -0.4 is 5.32 Å².